The van der Waals surface area contributed by atoms with Gasteiger partial charge in [0, 0.05) is 25.9 Å². The van der Waals surface area contributed by atoms with Gasteiger partial charge in [-0.15, -0.1) is 0 Å². The Morgan fingerprint density at radius 2 is 1.13 bits per heavy atom. The summed E-state index contributed by atoms with van der Waals surface area (Å²) >= 11 is 0. The molecule has 0 aliphatic rings. The largest absolute Gasteiger partial charge is 0.476 e. The zero-order valence-electron chi connectivity index (χ0n) is 41.8. The van der Waals surface area contributed by atoms with Crippen LogP contribution in [0.2, 0.25) is 0 Å². The molecule has 0 aliphatic carbocycles. The normalized spacial score (nSPS) is 11.1. The summed E-state index contributed by atoms with van der Waals surface area (Å²) < 4.78 is 25.1. The second kappa shape index (κ2) is 27.8. The predicted octanol–water partition coefficient (Wildman–Crippen LogP) is 8.78. The number of benzene rings is 4. The van der Waals surface area contributed by atoms with Crippen molar-refractivity contribution in [2.75, 3.05) is 19.8 Å². The molecule has 0 saturated heterocycles. The van der Waals surface area contributed by atoms with Crippen LogP contribution >= 0.6 is 0 Å². The molecular formula is C54H72N6O9. The fourth-order valence-electron chi connectivity index (χ4n) is 7.07. The number of rotatable bonds is 24. The topological polar surface area (TPSA) is 172 Å². The number of amides is 3. The SMILES string of the molecule is CCCNC(=O)N(Cc1ccccc1)NC(=O)CCCc1ccc(OC(C)(C)C(=O)OCC)cc1.CCCn1c(CCCc2ccc(OC(C)(C)C(=O)OCC)cc2)nn(Cc2ccccc2)c1=O. The predicted molar refractivity (Wildman–Crippen MR) is 267 cm³/mol. The molecule has 0 spiro atoms. The summed E-state index contributed by atoms with van der Waals surface area (Å²) in [4.78, 5) is 62.0. The van der Waals surface area contributed by atoms with Crippen molar-refractivity contribution in [1.29, 1.82) is 0 Å². The van der Waals surface area contributed by atoms with Crippen molar-refractivity contribution in [3.8, 4) is 11.5 Å². The minimum atomic E-state index is -1.08. The molecule has 0 bridgehead atoms. The number of nitrogens with one attached hydrogen (secondary N) is 2. The monoisotopic (exact) mass is 949 g/mol. The van der Waals surface area contributed by atoms with Gasteiger partial charge in [-0.05, 0) is 127 Å². The Hall–Kier alpha value is -6.90. The summed E-state index contributed by atoms with van der Waals surface area (Å²) in [5.74, 6) is 1.00. The van der Waals surface area contributed by atoms with Crippen molar-refractivity contribution in [3.05, 3.63) is 148 Å². The maximum atomic E-state index is 12.9. The Kier molecular flexibility index (Phi) is 22.0. The number of hydrogen-bond acceptors (Lipinski definition) is 10. The van der Waals surface area contributed by atoms with E-state index in [1.165, 1.54) is 5.01 Å². The van der Waals surface area contributed by atoms with Crippen molar-refractivity contribution in [1.82, 2.24) is 30.1 Å². The molecule has 15 nitrogen and oxygen atoms in total. The number of ether oxygens (including phenoxy) is 4. The van der Waals surface area contributed by atoms with Gasteiger partial charge in [-0.2, -0.15) is 5.10 Å². The van der Waals surface area contributed by atoms with Crippen molar-refractivity contribution in [2.45, 2.75) is 138 Å². The molecule has 5 rings (SSSR count). The van der Waals surface area contributed by atoms with Crippen molar-refractivity contribution < 1.29 is 38.1 Å². The number of hydrogen-bond donors (Lipinski definition) is 2. The number of carbonyl (C=O) groups is 4. The highest BCUT2D eigenvalue weighted by atomic mass is 16.6. The molecule has 1 aromatic heterocycles. The molecule has 372 valence electrons. The minimum Gasteiger partial charge on any atom is -0.476 e. The molecular weight excluding hydrogens is 877 g/mol. The van der Waals surface area contributed by atoms with Gasteiger partial charge in [-0.25, -0.2) is 28.9 Å². The Morgan fingerprint density at radius 3 is 1.62 bits per heavy atom. The summed E-state index contributed by atoms with van der Waals surface area (Å²) in [7, 11) is 0. The molecule has 15 heteroatoms. The lowest BCUT2D eigenvalue weighted by atomic mass is 10.1. The Bertz CT molecular complexity index is 2400. The Labute approximate surface area is 407 Å². The van der Waals surface area contributed by atoms with Crippen LogP contribution in [0.15, 0.2) is 114 Å². The summed E-state index contributed by atoms with van der Waals surface area (Å²) in [5.41, 5.74) is 4.75. The molecule has 0 aliphatic heterocycles. The van der Waals surface area contributed by atoms with Crippen LogP contribution in [0, 0.1) is 0 Å². The van der Waals surface area contributed by atoms with Crippen LogP contribution in [-0.2, 0) is 62.8 Å². The first kappa shape index (κ1) is 54.7. The number of nitrogens with zero attached hydrogens (tertiary/aromatic N) is 4. The number of aromatic nitrogens is 3. The molecule has 0 saturated carbocycles. The first-order valence-corrected chi connectivity index (χ1v) is 24.1. The average Bonchev–Trinajstić information content (AvgIpc) is 3.61. The Balaban J connectivity index is 0.000000301. The second-order valence-corrected chi connectivity index (χ2v) is 17.5. The first-order chi connectivity index (χ1) is 33.1. The zero-order chi connectivity index (χ0) is 50.2. The maximum Gasteiger partial charge on any atom is 0.349 e. The van der Waals surface area contributed by atoms with E-state index in [4.69, 9.17) is 18.9 Å². The van der Waals surface area contributed by atoms with Crippen molar-refractivity contribution >= 4 is 23.9 Å². The summed E-state index contributed by atoms with van der Waals surface area (Å²) in [6.45, 7) is 16.9. The molecule has 69 heavy (non-hydrogen) atoms. The van der Waals surface area contributed by atoms with Crippen LogP contribution in [0.25, 0.3) is 0 Å². The summed E-state index contributed by atoms with van der Waals surface area (Å²) in [6, 6.07) is 34.3. The van der Waals surface area contributed by atoms with E-state index < -0.39 is 17.2 Å². The molecule has 0 atom stereocenters. The van der Waals surface area contributed by atoms with Crippen LogP contribution in [0.3, 0.4) is 0 Å². The second-order valence-electron chi connectivity index (χ2n) is 17.5. The van der Waals surface area contributed by atoms with E-state index in [9.17, 15) is 24.0 Å². The van der Waals surface area contributed by atoms with E-state index in [0.717, 1.165) is 60.2 Å². The molecule has 1 heterocycles. The summed E-state index contributed by atoms with van der Waals surface area (Å²) in [5, 5.41) is 8.78. The highest BCUT2D eigenvalue weighted by Gasteiger charge is 2.32. The average molecular weight is 949 g/mol. The van der Waals surface area contributed by atoms with Crippen LogP contribution in [-0.4, -0.2) is 74.2 Å². The van der Waals surface area contributed by atoms with E-state index in [2.05, 4.69) is 22.8 Å². The molecule has 2 N–H and O–H groups in total. The number of aryl methyl sites for hydroxylation is 3. The minimum absolute atomic E-state index is 0.0496. The van der Waals surface area contributed by atoms with Crippen LogP contribution < -0.4 is 25.9 Å². The van der Waals surface area contributed by atoms with E-state index >= 15 is 0 Å². The van der Waals surface area contributed by atoms with Gasteiger partial charge in [-0.1, -0.05) is 98.8 Å². The molecule has 0 radical (unpaired) electrons. The number of carbonyl (C=O) groups excluding carboxylic acids is 4. The van der Waals surface area contributed by atoms with E-state index in [1.54, 1.807) is 62.9 Å². The van der Waals surface area contributed by atoms with Gasteiger partial charge < -0.3 is 24.3 Å². The fraction of sp³-hybridized carbons (Fsp3) is 0.444. The maximum absolute atomic E-state index is 12.9. The molecule has 5 aromatic rings. The standard InChI is InChI=1S/C27H37N3O5.C27H35N3O4/c1-5-19-28-26(33)30(20-22-11-8-7-9-12-22)29-24(31)14-10-13-21-15-17-23(18-16-21)35-27(3,4)25(32)34-6-2;1-5-19-29-24(28-30(26(29)32)20-22-11-8-7-9-12-22)14-10-13-21-15-17-23(18-16-21)34-27(3,4)25(31)33-6-2/h7-9,11-12,15-18H,5-6,10,13-14,19-20H2,1-4H3,(H,28,33)(H,29,31);7-9,11-12,15-18H,5-6,10,13-14,19-20H2,1-4H3. The van der Waals surface area contributed by atoms with Gasteiger partial charge in [0.15, 0.2) is 11.2 Å². The Morgan fingerprint density at radius 1 is 0.623 bits per heavy atom. The van der Waals surface area contributed by atoms with E-state index in [-0.39, 0.29) is 36.6 Å². The van der Waals surface area contributed by atoms with Gasteiger partial charge in [0.25, 0.3) is 0 Å². The van der Waals surface area contributed by atoms with Crippen LogP contribution in [0.5, 0.6) is 11.5 Å². The van der Waals surface area contributed by atoms with Crippen LogP contribution in [0.4, 0.5) is 4.79 Å². The third-order valence-corrected chi connectivity index (χ3v) is 10.7. The molecule has 0 unspecified atom stereocenters. The highest BCUT2D eigenvalue weighted by Crippen LogP contribution is 2.23. The zero-order valence-corrected chi connectivity index (χ0v) is 41.8. The van der Waals surface area contributed by atoms with Gasteiger partial charge >= 0.3 is 23.7 Å². The lowest BCUT2D eigenvalue weighted by Crippen LogP contribution is -2.50. The lowest BCUT2D eigenvalue weighted by Gasteiger charge is -2.24. The van der Waals surface area contributed by atoms with E-state index in [1.807, 2.05) is 104 Å². The van der Waals surface area contributed by atoms with Gasteiger partial charge in [-0.3, -0.25) is 14.8 Å². The van der Waals surface area contributed by atoms with Crippen molar-refractivity contribution in [3.63, 3.8) is 0 Å². The van der Waals surface area contributed by atoms with Crippen LogP contribution in [0.1, 0.15) is 116 Å². The smallest absolute Gasteiger partial charge is 0.349 e. The third kappa shape index (κ3) is 18.3. The third-order valence-electron chi connectivity index (χ3n) is 10.7. The van der Waals surface area contributed by atoms with Gasteiger partial charge in [0.2, 0.25) is 5.91 Å². The quantitative estimate of drug-likeness (QED) is 0.0450. The fourth-order valence-corrected chi connectivity index (χ4v) is 7.07. The lowest BCUT2D eigenvalue weighted by molar-refractivity contribution is -0.159. The van der Waals surface area contributed by atoms with Gasteiger partial charge in [0.1, 0.15) is 17.3 Å². The molecule has 3 amide bonds. The number of esters is 2. The van der Waals surface area contributed by atoms with E-state index in [0.29, 0.717) is 57.2 Å². The molecule has 0 fully saturated rings. The van der Waals surface area contributed by atoms with Crippen molar-refractivity contribution in [2.24, 2.45) is 0 Å². The molecule has 4 aromatic carbocycles. The van der Waals surface area contributed by atoms with Gasteiger partial charge in [0.05, 0.1) is 26.3 Å². The number of urea groups is 1. The summed E-state index contributed by atoms with van der Waals surface area (Å²) in [6.07, 6.45) is 5.74. The highest BCUT2D eigenvalue weighted by molar-refractivity contribution is 5.81. The first-order valence-electron chi connectivity index (χ1n) is 24.1. The number of hydrazine groups is 1.